The van der Waals surface area contributed by atoms with E-state index in [1.807, 2.05) is 30.3 Å². The molecule has 1 heterocycles. The van der Waals surface area contributed by atoms with Gasteiger partial charge in [-0.3, -0.25) is 4.99 Å². The van der Waals surface area contributed by atoms with Crippen molar-refractivity contribution in [1.82, 2.24) is 15.6 Å². The van der Waals surface area contributed by atoms with Crippen molar-refractivity contribution in [3.63, 3.8) is 0 Å². The van der Waals surface area contributed by atoms with Crippen LogP contribution >= 0.6 is 0 Å². The van der Waals surface area contributed by atoms with Crippen molar-refractivity contribution in [3.8, 4) is 5.75 Å². The van der Waals surface area contributed by atoms with Gasteiger partial charge in [-0.15, -0.1) is 0 Å². The lowest BCUT2D eigenvalue weighted by atomic mass is 10.1. The molecule has 0 aliphatic heterocycles. The molecule has 5 nitrogen and oxygen atoms in total. The number of aryl methyl sites for hydroxylation is 1. The summed E-state index contributed by atoms with van der Waals surface area (Å²) in [5, 5.41) is 7.42. The summed E-state index contributed by atoms with van der Waals surface area (Å²) < 4.78 is 42.5. The number of H-pyrrole nitrogens is 1. The van der Waals surface area contributed by atoms with E-state index < -0.39 is 12.8 Å². The molecule has 0 spiro atoms. The zero-order valence-electron chi connectivity index (χ0n) is 16.2. The van der Waals surface area contributed by atoms with Crippen LogP contribution in [0.3, 0.4) is 0 Å². The highest BCUT2D eigenvalue weighted by molar-refractivity contribution is 5.81. The number of ether oxygens (including phenoxy) is 1. The van der Waals surface area contributed by atoms with Gasteiger partial charge in [-0.2, -0.15) is 13.2 Å². The molecule has 3 aromatic rings. The van der Waals surface area contributed by atoms with Crippen LogP contribution in [0.5, 0.6) is 5.75 Å². The third-order valence-corrected chi connectivity index (χ3v) is 4.32. The van der Waals surface area contributed by atoms with E-state index in [0.29, 0.717) is 18.1 Å². The molecule has 0 fully saturated rings. The van der Waals surface area contributed by atoms with Gasteiger partial charge in [0.2, 0.25) is 0 Å². The van der Waals surface area contributed by atoms with Crippen LogP contribution in [-0.2, 0) is 13.1 Å². The minimum atomic E-state index is -4.38. The molecule has 29 heavy (non-hydrogen) atoms. The Kier molecular flexibility index (Phi) is 6.31. The third-order valence-electron chi connectivity index (χ3n) is 4.32. The average molecular weight is 404 g/mol. The fourth-order valence-electron chi connectivity index (χ4n) is 2.91. The number of aliphatic imine (C=N–C) groups is 1. The first-order valence-corrected chi connectivity index (χ1v) is 9.14. The van der Waals surface area contributed by atoms with Crippen molar-refractivity contribution in [3.05, 3.63) is 65.4 Å². The van der Waals surface area contributed by atoms with E-state index in [1.165, 1.54) is 0 Å². The summed E-state index contributed by atoms with van der Waals surface area (Å²) in [5.74, 6) is 0.742. The van der Waals surface area contributed by atoms with E-state index in [4.69, 9.17) is 4.74 Å². The van der Waals surface area contributed by atoms with E-state index in [1.54, 1.807) is 26.1 Å². The molecule has 0 aliphatic carbocycles. The maximum atomic E-state index is 12.5. The number of hydrogen-bond acceptors (Lipinski definition) is 2. The van der Waals surface area contributed by atoms with E-state index in [-0.39, 0.29) is 12.3 Å². The van der Waals surface area contributed by atoms with Crippen LogP contribution < -0.4 is 15.4 Å². The largest absolute Gasteiger partial charge is 0.484 e. The van der Waals surface area contributed by atoms with Crippen LogP contribution in [0.15, 0.2) is 53.5 Å². The van der Waals surface area contributed by atoms with Crippen molar-refractivity contribution in [2.24, 2.45) is 4.99 Å². The van der Waals surface area contributed by atoms with Crippen LogP contribution in [0.1, 0.15) is 16.8 Å². The molecule has 3 N–H and O–H groups in total. The number of aromatic amines is 1. The highest BCUT2D eigenvalue weighted by Gasteiger charge is 2.28. The molecule has 0 unspecified atom stereocenters. The van der Waals surface area contributed by atoms with Crippen LogP contribution in [0.2, 0.25) is 0 Å². The highest BCUT2D eigenvalue weighted by Crippen LogP contribution is 2.23. The molecular weight excluding hydrogens is 381 g/mol. The summed E-state index contributed by atoms with van der Waals surface area (Å²) in [6.45, 7) is 1.29. The van der Waals surface area contributed by atoms with Gasteiger partial charge in [-0.1, -0.05) is 30.3 Å². The number of hydrogen-bond donors (Lipinski definition) is 3. The van der Waals surface area contributed by atoms with Gasteiger partial charge in [-0.05, 0) is 36.1 Å². The van der Waals surface area contributed by atoms with Crippen LogP contribution in [0.25, 0.3) is 10.9 Å². The van der Waals surface area contributed by atoms with Crippen molar-refractivity contribution in [2.45, 2.75) is 26.2 Å². The number of benzene rings is 2. The van der Waals surface area contributed by atoms with Gasteiger partial charge in [0.1, 0.15) is 5.75 Å². The molecule has 3 rings (SSSR count). The zero-order chi connectivity index (χ0) is 20.9. The summed E-state index contributed by atoms with van der Waals surface area (Å²) in [6, 6.07) is 15.2. The first kappa shape index (κ1) is 20.6. The Balaban J connectivity index is 1.60. The molecule has 0 bridgehead atoms. The van der Waals surface area contributed by atoms with Crippen LogP contribution in [0.4, 0.5) is 13.2 Å². The lowest BCUT2D eigenvalue weighted by molar-refractivity contribution is -0.153. The van der Waals surface area contributed by atoms with Crippen molar-refractivity contribution >= 4 is 16.9 Å². The summed E-state index contributed by atoms with van der Waals surface area (Å²) in [6.07, 6.45) is -4.38. The predicted molar refractivity (Wildman–Crippen MR) is 108 cm³/mol. The standard InChI is InChI=1S/C21H23F3N4O/c1-14-7-8-16(19(9-14)29-13-21(22,23)24)11-26-20(25-2)27-12-17-10-15-5-3-4-6-18(15)28-17/h3-10,28H,11-13H2,1-2H3,(H2,25,26,27). The van der Waals surface area contributed by atoms with Crippen LogP contribution in [0, 0.1) is 6.92 Å². The lowest BCUT2D eigenvalue weighted by Gasteiger charge is -2.16. The Morgan fingerprint density at radius 2 is 1.83 bits per heavy atom. The summed E-state index contributed by atoms with van der Waals surface area (Å²) in [7, 11) is 1.64. The van der Waals surface area contributed by atoms with E-state index in [9.17, 15) is 13.2 Å². The maximum Gasteiger partial charge on any atom is 0.422 e. The van der Waals surface area contributed by atoms with Gasteiger partial charge in [0.05, 0.1) is 6.54 Å². The number of halogens is 3. The molecule has 0 amide bonds. The Morgan fingerprint density at radius 3 is 2.55 bits per heavy atom. The number of nitrogens with zero attached hydrogens (tertiary/aromatic N) is 1. The quantitative estimate of drug-likeness (QED) is 0.424. The van der Waals surface area contributed by atoms with E-state index in [0.717, 1.165) is 22.2 Å². The molecule has 0 saturated heterocycles. The molecule has 0 saturated carbocycles. The van der Waals surface area contributed by atoms with Gasteiger partial charge in [0.25, 0.3) is 0 Å². The fourth-order valence-corrected chi connectivity index (χ4v) is 2.91. The van der Waals surface area contributed by atoms with Crippen molar-refractivity contribution < 1.29 is 17.9 Å². The van der Waals surface area contributed by atoms with Gasteiger partial charge in [-0.25, -0.2) is 0 Å². The molecule has 154 valence electrons. The molecular formula is C21H23F3N4O. The van der Waals surface area contributed by atoms with Gasteiger partial charge < -0.3 is 20.4 Å². The van der Waals surface area contributed by atoms with Crippen LogP contribution in [-0.4, -0.2) is 30.8 Å². The Bertz CT molecular complexity index is 962. The lowest BCUT2D eigenvalue weighted by Crippen LogP contribution is -2.36. The smallest absolute Gasteiger partial charge is 0.422 e. The van der Waals surface area contributed by atoms with Gasteiger partial charge in [0, 0.05) is 30.4 Å². The second kappa shape index (κ2) is 8.89. The highest BCUT2D eigenvalue weighted by atomic mass is 19.4. The number of rotatable bonds is 6. The molecule has 1 aromatic heterocycles. The van der Waals surface area contributed by atoms with Gasteiger partial charge in [0.15, 0.2) is 12.6 Å². The molecule has 0 atom stereocenters. The second-order valence-electron chi connectivity index (χ2n) is 6.68. The number of aromatic nitrogens is 1. The molecule has 2 aromatic carbocycles. The molecule has 8 heteroatoms. The predicted octanol–water partition coefficient (Wildman–Crippen LogP) is 4.28. The van der Waals surface area contributed by atoms with E-state index >= 15 is 0 Å². The number of guanidine groups is 1. The van der Waals surface area contributed by atoms with E-state index in [2.05, 4.69) is 26.7 Å². The fraction of sp³-hybridized carbons (Fsp3) is 0.286. The second-order valence-corrected chi connectivity index (χ2v) is 6.68. The Morgan fingerprint density at radius 1 is 1.07 bits per heavy atom. The van der Waals surface area contributed by atoms with Crippen molar-refractivity contribution in [2.75, 3.05) is 13.7 Å². The Hall–Kier alpha value is -3.16. The Labute approximate surface area is 167 Å². The molecule has 0 aliphatic rings. The topological polar surface area (TPSA) is 61.4 Å². The first-order valence-electron chi connectivity index (χ1n) is 9.14. The average Bonchev–Trinajstić information content (AvgIpc) is 3.10. The molecule has 0 radical (unpaired) electrons. The maximum absolute atomic E-state index is 12.5. The number of fused-ring (bicyclic) bond motifs is 1. The normalized spacial score (nSPS) is 12.2. The summed E-state index contributed by atoms with van der Waals surface area (Å²) in [5.41, 5.74) is 3.50. The summed E-state index contributed by atoms with van der Waals surface area (Å²) in [4.78, 5) is 7.49. The summed E-state index contributed by atoms with van der Waals surface area (Å²) >= 11 is 0. The SMILES string of the molecule is CN=C(NCc1cc2ccccc2[nH]1)NCc1ccc(C)cc1OCC(F)(F)F. The van der Waals surface area contributed by atoms with Crippen molar-refractivity contribution in [1.29, 1.82) is 0 Å². The zero-order valence-corrected chi connectivity index (χ0v) is 16.2. The minimum Gasteiger partial charge on any atom is -0.484 e. The third kappa shape index (κ3) is 5.91. The monoisotopic (exact) mass is 404 g/mol. The number of alkyl halides is 3. The minimum absolute atomic E-state index is 0.209. The number of para-hydroxylation sites is 1. The first-order chi connectivity index (χ1) is 13.8. The van der Waals surface area contributed by atoms with Gasteiger partial charge >= 0.3 is 6.18 Å². The number of nitrogens with one attached hydrogen (secondary N) is 3.